The molecule has 0 spiro atoms. The van der Waals surface area contributed by atoms with Gasteiger partial charge in [-0.15, -0.1) is 0 Å². The van der Waals surface area contributed by atoms with Crippen molar-refractivity contribution < 1.29 is 17.9 Å². The average molecular weight is 443 g/mol. The predicted octanol–water partition coefficient (Wildman–Crippen LogP) is 3.80. The summed E-state index contributed by atoms with van der Waals surface area (Å²) in [5.74, 6) is 0.727. The first-order chi connectivity index (χ1) is 14.9. The van der Waals surface area contributed by atoms with Crippen molar-refractivity contribution >= 4 is 22.0 Å². The van der Waals surface area contributed by atoms with Gasteiger partial charge in [-0.25, -0.2) is 13.1 Å². The third-order valence-corrected chi connectivity index (χ3v) is 7.46. The van der Waals surface area contributed by atoms with Gasteiger partial charge in [0.05, 0.1) is 7.11 Å². The summed E-state index contributed by atoms with van der Waals surface area (Å²) in [7, 11) is 0.941. The molecular weight excluding hydrogens is 412 g/mol. The number of nitrogens with one attached hydrogen (secondary N) is 1. The van der Waals surface area contributed by atoms with Crippen molar-refractivity contribution in [2.45, 2.75) is 42.5 Å². The Morgan fingerprint density at radius 2 is 1.77 bits per heavy atom. The number of hydrogen-bond acceptors (Lipinski definition) is 4. The monoisotopic (exact) mass is 442 g/mol. The summed E-state index contributed by atoms with van der Waals surface area (Å²) in [4.78, 5) is 14.6. The van der Waals surface area contributed by atoms with Gasteiger partial charge in [0.15, 0.2) is 0 Å². The summed E-state index contributed by atoms with van der Waals surface area (Å²) in [5, 5.41) is 0. The van der Waals surface area contributed by atoms with E-state index in [1.54, 1.807) is 23.1 Å². The molecule has 2 aromatic carbocycles. The summed E-state index contributed by atoms with van der Waals surface area (Å²) in [6.07, 6.45) is 7.23. The number of sulfonamides is 1. The number of carbonyl (C=O) groups is 1. The van der Waals surface area contributed by atoms with Crippen LogP contribution in [0.25, 0.3) is 6.08 Å². The number of nitrogens with zero attached hydrogens (tertiary/aromatic N) is 1. The molecule has 7 heteroatoms. The van der Waals surface area contributed by atoms with Gasteiger partial charge < -0.3 is 9.64 Å². The first-order valence-electron chi connectivity index (χ1n) is 10.5. The van der Waals surface area contributed by atoms with Crippen molar-refractivity contribution in [2.24, 2.45) is 0 Å². The van der Waals surface area contributed by atoms with E-state index in [0.29, 0.717) is 11.5 Å². The maximum Gasteiger partial charge on any atom is 0.246 e. The predicted molar refractivity (Wildman–Crippen MR) is 122 cm³/mol. The molecular formula is C24H30N2O4S. The molecule has 31 heavy (non-hydrogen) atoms. The highest BCUT2D eigenvalue weighted by atomic mass is 32.2. The summed E-state index contributed by atoms with van der Waals surface area (Å²) >= 11 is 0. The van der Waals surface area contributed by atoms with Crippen molar-refractivity contribution in [2.75, 3.05) is 21.2 Å². The molecule has 1 fully saturated rings. The zero-order valence-corrected chi connectivity index (χ0v) is 19.1. The van der Waals surface area contributed by atoms with Gasteiger partial charge in [-0.2, -0.15) is 0 Å². The van der Waals surface area contributed by atoms with Gasteiger partial charge in [-0.1, -0.05) is 36.4 Å². The summed E-state index contributed by atoms with van der Waals surface area (Å²) in [5.41, 5.74) is 1.99. The minimum absolute atomic E-state index is 0.0414. The van der Waals surface area contributed by atoms with Crippen LogP contribution in [0.1, 0.15) is 42.7 Å². The van der Waals surface area contributed by atoms with Gasteiger partial charge in [0.2, 0.25) is 15.9 Å². The minimum atomic E-state index is -3.67. The Labute approximate surface area is 185 Å². The number of rotatable bonds is 7. The lowest BCUT2D eigenvalue weighted by Crippen LogP contribution is -2.38. The number of methoxy groups -OCH3 is 1. The molecule has 0 saturated heterocycles. The van der Waals surface area contributed by atoms with Gasteiger partial charge >= 0.3 is 0 Å². The Morgan fingerprint density at radius 1 is 1.10 bits per heavy atom. The fraction of sp³-hybridized carbons (Fsp3) is 0.375. The topological polar surface area (TPSA) is 75.7 Å². The van der Waals surface area contributed by atoms with Gasteiger partial charge in [-0.05, 0) is 68.0 Å². The molecule has 0 atom stereocenters. The highest BCUT2D eigenvalue weighted by Gasteiger charge is 2.26. The summed E-state index contributed by atoms with van der Waals surface area (Å²) < 4.78 is 31.9. The van der Waals surface area contributed by atoms with Crippen molar-refractivity contribution in [1.29, 1.82) is 0 Å². The number of amides is 1. The summed E-state index contributed by atoms with van der Waals surface area (Å²) in [6.45, 7) is 0. The molecule has 0 unspecified atom stereocenters. The van der Waals surface area contributed by atoms with Crippen LogP contribution in [0, 0.1) is 0 Å². The molecule has 0 radical (unpaired) electrons. The van der Waals surface area contributed by atoms with Crippen LogP contribution in [0.2, 0.25) is 0 Å². The molecule has 6 nitrogen and oxygen atoms in total. The van der Waals surface area contributed by atoms with Gasteiger partial charge in [0.25, 0.3) is 0 Å². The first-order valence-corrected chi connectivity index (χ1v) is 12.0. The van der Waals surface area contributed by atoms with E-state index in [1.165, 1.54) is 31.9 Å². The Bertz CT molecular complexity index is 1030. The van der Waals surface area contributed by atoms with Crippen LogP contribution in [0.4, 0.5) is 0 Å². The molecule has 0 aromatic heterocycles. The van der Waals surface area contributed by atoms with Crippen molar-refractivity contribution in [3.63, 3.8) is 0 Å². The van der Waals surface area contributed by atoms with E-state index in [1.807, 2.05) is 13.1 Å². The van der Waals surface area contributed by atoms with E-state index in [0.717, 1.165) is 25.7 Å². The Balaban J connectivity index is 1.64. The minimum Gasteiger partial charge on any atom is -0.495 e. The van der Waals surface area contributed by atoms with Crippen molar-refractivity contribution in [3.05, 3.63) is 65.7 Å². The van der Waals surface area contributed by atoms with E-state index in [-0.39, 0.29) is 22.6 Å². The summed E-state index contributed by atoms with van der Waals surface area (Å²) in [6, 6.07) is 15.6. The lowest BCUT2D eigenvalue weighted by molar-refractivity contribution is -0.127. The van der Waals surface area contributed by atoms with E-state index in [9.17, 15) is 13.2 Å². The largest absolute Gasteiger partial charge is 0.495 e. The van der Waals surface area contributed by atoms with Crippen LogP contribution in [-0.4, -0.2) is 46.5 Å². The van der Waals surface area contributed by atoms with E-state index in [2.05, 4.69) is 29.0 Å². The maximum atomic E-state index is 12.7. The molecule has 2 aromatic rings. The molecule has 1 N–H and O–H groups in total. The fourth-order valence-electron chi connectivity index (χ4n) is 4.10. The molecule has 166 valence electrons. The number of likely N-dealkylation sites (N-methyl/N-ethyl adjacent to an activating group) is 1. The Hall–Kier alpha value is -2.64. The van der Waals surface area contributed by atoms with Crippen molar-refractivity contribution in [1.82, 2.24) is 9.62 Å². The zero-order valence-electron chi connectivity index (χ0n) is 18.2. The lowest BCUT2D eigenvalue weighted by Gasteiger charge is -2.34. The van der Waals surface area contributed by atoms with Crippen LogP contribution >= 0.6 is 0 Å². The average Bonchev–Trinajstić information content (AvgIpc) is 2.82. The number of hydrogen-bond donors (Lipinski definition) is 1. The van der Waals surface area contributed by atoms with Crippen LogP contribution in [0.3, 0.4) is 0 Å². The molecule has 1 aliphatic carbocycles. The Morgan fingerprint density at radius 3 is 2.39 bits per heavy atom. The molecule has 0 bridgehead atoms. The first kappa shape index (κ1) is 23.0. The molecule has 1 amide bonds. The van der Waals surface area contributed by atoms with Crippen molar-refractivity contribution in [3.8, 4) is 5.75 Å². The van der Waals surface area contributed by atoms with Crippen LogP contribution in [0.5, 0.6) is 5.75 Å². The number of ether oxygens (including phenoxy) is 1. The van der Waals surface area contributed by atoms with Crippen LogP contribution in [0.15, 0.2) is 59.5 Å². The van der Waals surface area contributed by atoms with Gasteiger partial charge in [0, 0.05) is 19.2 Å². The quantitative estimate of drug-likeness (QED) is 0.662. The maximum absolute atomic E-state index is 12.7. The van der Waals surface area contributed by atoms with Gasteiger partial charge in [-0.3, -0.25) is 4.79 Å². The second-order valence-corrected chi connectivity index (χ2v) is 9.67. The third-order valence-electron chi connectivity index (χ3n) is 6.03. The molecule has 0 aliphatic heterocycles. The molecule has 1 saturated carbocycles. The second-order valence-electron chi connectivity index (χ2n) is 7.82. The standard InChI is InChI=1S/C24H30N2O4S/c1-25-31(28,29)23-17-18(9-15-22(23)30-3)10-16-24(27)26(2)21-13-11-20(12-14-21)19-7-5-4-6-8-19/h4-10,15-17,20-21,25H,11-14H2,1-3H3/b16-10+. The van der Waals surface area contributed by atoms with Gasteiger partial charge in [0.1, 0.15) is 10.6 Å². The molecule has 1 aliphatic rings. The highest BCUT2D eigenvalue weighted by Crippen LogP contribution is 2.34. The van der Waals surface area contributed by atoms with Crippen LogP contribution < -0.4 is 9.46 Å². The molecule has 0 heterocycles. The number of carbonyl (C=O) groups excluding carboxylic acids is 1. The van der Waals surface area contributed by atoms with E-state index < -0.39 is 10.0 Å². The lowest BCUT2D eigenvalue weighted by atomic mass is 9.81. The number of benzene rings is 2. The zero-order chi connectivity index (χ0) is 22.4. The fourth-order valence-corrected chi connectivity index (χ4v) is 5.03. The third kappa shape index (κ3) is 5.54. The Kier molecular flexibility index (Phi) is 7.51. The van der Waals surface area contributed by atoms with E-state index >= 15 is 0 Å². The second kappa shape index (κ2) is 10.1. The van der Waals surface area contributed by atoms with E-state index in [4.69, 9.17) is 4.74 Å². The smallest absolute Gasteiger partial charge is 0.246 e. The molecule has 3 rings (SSSR count). The highest BCUT2D eigenvalue weighted by molar-refractivity contribution is 7.89. The van der Waals surface area contributed by atoms with Crippen LogP contribution in [-0.2, 0) is 14.8 Å². The SMILES string of the molecule is CNS(=O)(=O)c1cc(/C=C/C(=O)N(C)C2CCC(c3ccccc3)CC2)ccc1OC. The normalized spacial score (nSPS) is 19.3.